The number of benzene rings is 1. The molecule has 0 saturated heterocycles. The van der Waals surface area contributed by atoms with Gasteiger partial charge in [-0.15, -0.1) is 0 Å². The highest BCUT2D eigenvalue weighted by atomic mass is 16.5. The molecule has 5 nitrogen and oxygen atoms in total. The predicted molar refractivity (Wildman–Crippen MR) is 79.4 cm³/mol. The first-order chi connectivity index (χ1) is 10.3. The molecule has 0 fully saturated rings. The number of nitriles is 1. The number of fused-ring (bicyclic) bond motifs is 1. The molecule has 0 N–H and O–H groups in total. The molecular weight excluding hydrogens is 264 g/mol. The summed E-state index contributed by atoms with van der Waals surface area (Å²) in [5, 5.41) is 14.7. The molecule has 5 heteroatoms. The van der Waals surface area contributed by atoms with Gasteiger partial charge in [-0.05, 0) is 18.6 Å². The first kappa shape index (κ1) is 13.1. The maximum atomic E-state index is 9.55. The Morgan fingerprint density at radius 2 is 2.14 bits per heavy atom. The van der Waals surface area contributed by atoms with E-state index in [1.807, 2.05) is 43.5 Å². The van der Waals surface area contributed by atoms with Gasteiger partial charge in [0.05, 0.1) is 17.8 Å². The van der Waals surface area contributed by atoms with Crippen LogP contribution in [0.25, 0.3) is 16.6 Å². The minimum absolute atomic E-state index is 0.364. The number of pyridine rings is 1. The number of aromatic nitrogens is 3. The van der Waals surface area contributed by atoms with Crippen LogP contribution in [-0.4, -0.2) is 21.4 Å². The van der Waals surface area contributed by atoms with Crippen molar-refractivity contribution in [2.45, 2.75) is 13.3 Å². The topological polar surface area (TPSA) is 63.7 Å². The minimum Gasteiger partial charge on any atom is -0.477 e. The van der Waals surface area contributed by atoms with Gasteiger partial charge in [-0.3, -0.25) is 0 Å². The molecule has 2 aromatic heterocycles. The van der Waals surface area contributed by atoms with Crippen LogP contribution < -0.4 is 4.74 Å². The van der Waals surface area contributed by atoms with Gasteiger partial charge in [0.15, 0.2) is 0 Å². The van der Waals surface area contributed by atoms with Crippen molar-refractivity contribution in [1.29, 1.82) is 5.26 Å². The third-order valence-electron chi connectivity index (χ3n) is 3.12. The van der Waals surface area contributed by atoms with Gasteiger partial charge in [-0.25, -0.2) is 9.67 Å². The van der Waals surface area contributed by atoms with Crippen LogP contribution in [0, 0.1) is 11.3 Å². The van der Waals surface area contributed by atoms with E-state index >= 15 is 0 Å². The first-order valence-electron chi connectivity index (χ1n) is 6.80. The van der Waals surface area contributed by atoms with Gasteiger partial charge >= 0.3 is 0 Å². The van der Waals surface area contributed by atoms with Crippen molar-refractivity contribution in [3.63, 3.8) is 0 Å². The SMILES string of the molecule is CCCOc1nc2ccccc2c(-n2cccn2)c1C#N. The number of hydrogen-bond donors (Lipinski definition) is 0. The Balaban J connectivity index is 2.33. The zero-order valence-electron chi connectivity index (χ0n) is 11.7. The highest BCUT2D eigenvalue weighted by Gasteiger charge is 2.17. The molecule has 3 rings (SSSR count). The summed E-state index contributed by atoms with van der Waals surface area (Å²) >= 11 is 0. The van der Waals surface area contributed by atoms with Crippen LogP contribution in [0.15, 0.2) is 42.7 Å². The molecule has 0 amide bonds. The molecular formula is C16H14N4O. The molecule has 0 aliphatic rings. The van der Waals surface area contributed by atoms with Gasteiger partial charge in [0.25, 0.3) is 0 Å². The second kappa shape index (κ2) is 5.63. The smallest absolute Gasteiger partial charge is 0.234 e. The van der Waals surface area contributed by atoms with E-state index in [1.165, 1.54) is 0 Å². The second-order valence-corrected chi connectivity index (χ2v) is 4.57. The highest BCUT2D eigenvalue weighted by molar-refractivity contribution is 5.90. The molecule has 0 spiro atoms. The average molecular weight is 278 g/mol. The van der Waals surface area contributed by atoms with E-state index in [9.17, 15) is 5.26 Å². The van der Waals surface area contributed by atoms with E-state index in [1.54, 1.807) is 10.9 Å². The molecule has 3 aromatic rings. The lowest BCUT2D eigenvalue weighted by atomic mass is 10.1. The number of ether oxygens (including phenoxy) is 1. The van der Waals surface area contributed by atoms with E-state index in [4.69, 9.17) is 4.74 Å². The molecule has 0 aliphatic heterocycles. The zero-order valence-corrected chi connectivity index (χ0v) is 11.7. The number of rotatable bonds is 4. The third-order valence-corrected chi connectivity index (χ3v) is 3.12. The zero-order chi connectivity index (χ0) is 14.7. The standard InChI is InChI=1S/C16H14N4O/c1-2-10-21-16-13(11-17)15(20-9-5-8-18-20)12-6-3-4-7-14(12)19-16/h3-9H,2,10H2,1H3. The van der Waals surface area contributed by atoms with Crippen molar-refractivity contribution in [2.24, 2.45) is 0 Å². The van der Waals surface area contributed by atoms with Crippen molar-refractivity contribution in [3.05, 3.63) is 48.3 Å². The predicted octanol–water partition coefficient (Wildman–Crippen LogP) is 3.08. The summed E-state index contributed by atoms with van der Waals surface area (Å²) in [6.07, 6.45) is 4.35. The molecule has 2 heterocycles. The van der Waals surface area contributed by atoms with Crippen LogP contribution in [0.3, 0.4) is 0 Å². The monoisotopic (exact) mass is 278 g/mol. The summed E-state index contributed by atoms with van der Waals surface area (Å²) in [5.41, 5.74) is 1.90. The van der Waals surface area contributed by atoms with Crippen LogP contribution in [-0.2, 0) is 0 Å². The van der Waals surface area contributed by atoms with E-state index in [-0.39, 0.29) is 0 Å². The lowest BCUT2D eigenvalue weighted by Gasteiger charge is -2.13. The molecule has 0 aliphatic carbocycles. The molecule has 0 unspecified atom stereocenters. The Labute approximate surface area is 122 Å². The van der Waals surface area contributed by atoms with Crippen LogP contribution in [0.4, 0.5) is 0 Å². The van der Waals surface area contributed by atoms with Gasteiger partial charge in [-0.1, -0.05) is 25.1 Å². The van der Waals surface area contributed by atoms with Crippen LogP contribution in [0.5, 0.6) is 5.88 Å². The Morgan fingerprint density at radius 1 is 1.29 bits per heavy atom. The number of nitrogens with zero attached hydrogens (tertiary/aromatic N) is 4. The fraction of sp³-hybridized carbons (Fsp3) is 0.188. The lowest BCUT2D eigenvalue weighted by Crippen LogP contribution is -2.06. The van der Waals surface area contributed by atoms with Gasteiger partial charge in [0, 0.05) is 17.8 Å². The van der Waals surface area contributed by atoms with Crippen LogP contribution in [0.1, 0.15) is 18.9 Å². The Bertz CT molecular complexity index is 803. The maximum Gasteiger partial charge on any atom is 0.234 e. The maximum absolute atomic E-state index is 9.55. The molecule has 0 bridgehead atoms. The Morgan fingerprint density at radius 3 is 2.86 bits per heavy atom. The largest absolute Gasteiger partial charge is 0.477 e. The van der Waals surface area contributed by atoms with Crippen LogP contribution >= 0.6 is 0 Å². The quantitative estimate of drug-likeness (QED) is 0.735. The molecule has 104 valence electrons. The van der Waals surface area contributed by atoms with Gasteiger partial charge in [0.1, 0.15) is 11.6 Å². The molecule has 0 saturated carbocycles. The summed E-state index contributed by atoms with van der Waals surface area (Å²) in [6, 6.07) is 11.7. The summed E-state index contributed by atoms with van der Waals surface area (Å²) in [5.74, 6) is 0.364. The van der Waals surface area contributed by atoms with E-state index in [0.717, 1.165) is 17.3 Å². The summed E-state index contributed by atoms with van der Waals surface area (Å²) < 4.78 is 7.33. The summed E-state index contributed by atoms with van der Waals surface area (Å²) in [6.45, 7) is 2.54. The fourth-order valence-electron chi connectivity index (χ4n) is 2.22. The van der Waals surface area contributed by atoms with Crippen molar-refractivity contribution in [3.8, 4) is 17.6 Å². The summed E-state index contributed by atoms with van der Waals surface area (Å²) in [7, 11) is 0. The van der Waals surface area contributed by atoms with E-state index in [0.29, 0.717) is 23.7 Å². The van der Waals surface area contributed by atoms with Gasteiger partial charge < -0.3 is 4.74 Å². The number of hydrogen-bond acceptors (Lipinski definition) is 4. The van der Waals surface area contributed by atoms with Crippen molar-refractivity contribution >= 4 is 10.9 Å². The van der Waals surface area contributed by atoms with Gasteiger partial charge in [0.2, 0.25) is 5.88 Å². The van der Waals surface area contributed by atoms with Crippen molar-refractivity contribution < 1.29 is 4.74 Å². The number of para-hydroxylation sites is 1. The highest BCUT2D eigenvalue weighted by Crippen LogP contribution is 2.30. The van der Waals surface area contributed by atoms with Crippen LogP contribution in [0.2, 0.25) is 0 Å². The molecule has 0 atom stereocenters. The normalized spacial score (nSPS) is 10.5. The Hall–Kier alpha value is -2.87. The lowest BCUT2D eigenvalue weighted by molar-refractivity contribution is 0.305. The van der Waals surface area contributed by atoms with E-state index in [2.05, 4.69) is 16.2 Å². The minimum atomic E-state index is 0.364. The van der Waals surface area contributed by atoms with E-state index < -0.39 is 0 Å². The molecule has 0 radical (unpaired) electrons. The van der Waals surface area contributed by atoms with Gasteiger partial charge in [-0.2, -0.15) is 10.4 Å². The fourth-order valence-corrected chi connectivity index (χ4v) is 2.22. The summed E-state index contributed by atoms with van der Waals surface area (Å²) in [4.78, 5) is 4.47. The third kappa shape index (κ3) is 2.32. The molecule has 1 aromatic carbocycles. The average Bonchev–Trinajstić information content (AvgIpc) is 3.05. The second-order valence-electron chi connectivity index (χ2n) is 4.57. The molecule has 21 heavy (non-hydrogen) atoms. The van der Waals surface area contributed by atoms with Crippen molar-refractivity contribution in [1.82, 2.24) is 14.8 Å². The Kier molecular flexibility index (Phi) is 3.52. The van der Waals surface area contributed by atoms with Crippen molar-refractivity contribution in [2.75, 3.05) is 6.61 Å². The first-order valence-corrected chi connectivity index (χ1v) is 6.80.